The van der Waals surface area contributed by atoms with Gasteiger partial charge in [-0.15, -0.1) is 0 Å². The third kappa shape index (κ3) is 4.60. The Morgan fingerprint density at radius 3 is 2.94 bits per heavy atom. The molecule has 0 heterocycles. The molecular formula is C12H16BrFO2. The Hall–Kier alpha value is -0.450. The Morgan fingerprint density at radius 1 is 1.50 bits per heavy atom. The third-order valence-corrected chi connectivity index (χ3v) is 2.62. The number of rotatable bonds is 6. The summed E-state index contributed by atoms with van der Waals surface area (Å²) in [5.41, 5.74) is 0.502. The van der Waals surface area contributed by atoms with E-state index in [1.807, 2.05) is 6.92 Å². The maximum absolute atomic E-state index is 13.3. The van der Waals surface area contributed by atoms with Gasteiger partial charge in [0, 0.05) is 17.5 Å². The van der Waals surface area contributed by atoms with Gasteiger partial charge in [0.1, 0.15) is 5.82 Å². The first-order valence-electron chi connectivity index (χ1n) is 5.33. The van der Waals surface area contributed by atoms with Crippen LogP contribution in [-0.4, -0.2) is 24.4 Å². The summed E-state index contributed by atoms with van der Waals surface area (Å²) in [5.74, 6) is -0.294. The first kappa shape index (κ1) is 13.6. The molecule has 1 unspecified atom stereocenters. The van der Waals surface area contributed by atoms with Crippen molar-refractivity contribution in [2.24, 2.45) is 0 Å². The van der Waals surface area contributed by atoms with Crippen LogP contribution in [0.25, 0.3) is 0 Å². The minimum absolute atomic E-state index is 0.250. The van der Waals surface area contributed by atoms with Gasteiger partial charge >= 0.3 is 0 Å². The average molecular weight is 291 g/mol. The van der Waals surface area contributed by atoms with Crippen LogP contribution in [0.4, 0.5) is 4.39 Å². The summed E-state index contributed by atoms with van der Waals surface area (Å²) in [6, 6.07) is 4.70. The first-order chi connectivity index (χ1) is 7.63. The van der Waals surface area contributed by atoms with Crippen LogP contribution in [0.15, 0.2) is 22.7 Å². The van der Waals surface area contributed by atoms with Crippen LogP contribution in [0.1, 0.15) is 18.9 Å². The number of aliphatic hydroxyl groups is 1. The van der Waals surface area contributed by atoms with E-state index in [0.717, 1.165) is 10.9 Å². The molecule has 1 aromatic rings. The molecule has 2 nitrogen and oxygen atoms in total. The van der Waals surface area contributed by atoms with Crippen molar-refractivity contribution in [3.63, 3.8) is 0 Å². The Labute approximate surface area is 104 Å². The van der Waals surface area contributed by atoms with Crippen LogP contribution in [-0.2, 0) is 11.2 Å². The Morgan fingerprint density at radius 2 is 2.25 bits per heavy atom. The van der Waals surface area contributed by atoms with E-state index in [4.69, 9.17) is 4.74 Å². The van der Waals surface area contributed by atoms with Gasteiger partial charge in [0.2, 0.25) is 0 Å². The van der Waals surface area contributed by atoms with E-state index in [0.29, 0.717) is 12.2 Å². The molecule has 1 atom stereocenters. The van der Waals surface area contributed by atoms with E-state index in [-0.39, 0.29) is 18.8 Å². The van der Waals surface area contributed by atoms with Gasteiger partial charge in [0.05, 0.1) is 12.7 Å². The molecule has 0 amide bonds. The molecule has 0 saturated heterocycles. The quantitative estimate of drug-likeness (QED) is 0.817. The van der Waals surface area contributed by atoms with Crippen molar-refractivity contribution in [2.75, 3.05) is 13.2 Å². The van der Waals surface area contributed by atoms with Gasteiger partial charge < -0.3 is 9.84 Å². The van der Waals surface area contributed by atoms with Gasteiger partial charge in [0.25, 0.3) is 0 Å². The molecule has 1 N–H and O–H groups in total. The Bertz CT molecular complexity index is 331. The maximum Gasteiger partial charge on any atom is 0.126 e. The molecule has 0 radical (unpaired) electrons. The highest BCUT2D eigenvalue weighted by molar-refractivity contribution is 9.10. The summed E-state index contributed by atoms with van der Waals surface area (Å²) >= 11 is 3.27. The second-order valence-corrected chi connectivity index (χ2v) is 4.58. The molecule has 0 aliphatic carbocycles. The fourth-order valence-corrected chi connectivity index (χ4v) is 1.78. The lowest BCUT2D eigenvalue weighted by atomic mass is 10.1. The van der Waals surface area contributed by atoms with Crippen molar-refractivity contribution in [1.29, 1.82) is 0 Å². The van der Waals surface area contributed by atoms with Crippen molar-refractivity contribution >= 4 is 15.9 Å². The number of aliphatic hydroxyl groups excluding tert-OH is 1. The molecule has 16 heavy (non-hydrogen) atoms. The summed E-state index contributed by atoms with van der Waals surface area (Å²) in [5, 5.41) is 9.64. The van der Waals surface area contributed by atoms with E-state index in [2.05, 4.69) is 15.9 Å². The zero-order valence-corrected chi connectivity index (χ0v) is 10.8. The molecule has 0 aromatic heterocycles. The molecule has 1 rings (SSSR count). The van der Waals surface area contributed by atoms with Crippen LogP contribution in [0.2, 0.25) is 0 Å². The third-order valence-electron chi connectivity index (χ3n) is 2.12. The van der Waals surface area contributed by atoms with E-state index >= 15 is 0 Å². The molecule has 0 bridgehead atoms. The summed E-state index contributed by atoms with van der Waals surface area (Å²) in [4.78, 5) is 0. The summed E-state index contributed by atoms with van der Waals surface area (Å²) in [6.45, 7) is 2.87. The maximum atomic E-state index is 13.3. The normalized spacial score (nSPS) is 12.8. The number of hydrogen-bond donors (Lipinski definition) is 1. The summed E-state index contributed by atoms with van der Waals surface area (Å²) < 4.78 is 19.4. The highest BCUT2D eigenvalue weighted by atomic mass is 79.9. The summed E-state index contributed by atoms with van der Waals surface area (Å²) in [6.07, 6.45) is 0.530. The second kappa shape index (κ2) is 6.99. The van der Waals surface area contributed by atoms with Crippen LogP contribution in [0, 0.1) is 5.82 Å². The van der Waals surface area contributed by atoms with Crippen molar-refractivity contribution in [3.05, 3.63) is 34.1 Å². The largest absolute Gasteiger partial charge is 0.390 e. The van der Waals surface area contributed by atoms with Gasteiger partial charge in [-0.3, -0.25) is 0 Å². The van der Waals surface area contributed by atoms with Gasteiger partial charge in [-0.05, 0) is 30.2 Å². The fraction of sp³-hybridized carbons (Fsp3) is 0.500. The predicted molar refractivity (Wildman–Crippen MR) is 64.9 cm³/mol. The predicted octanol–water partition coefficient (Wildman–Crippen LogP) is 2.92. The zero-order chi connectivity index (χ0) is 12.0. The smallest absolute Gasteiger partial charge is 0.126 e. The molecule has 0 aliphatic heterocycles. The fourth-order valence-electron chi connectivity index (χ4n) is 1.38. The molecule has 0 spiro atoms. The number of halogens is 2. The van der Waals surface area contributed by atoms with E-state index in [1.165, 1.54) is 6.07 Å². The van der Waals surface area contributed by atoms with Crippen molar-refractivity contribution in [3.8, 4) is 0 Å². The van der Waals surface area contributed by atoms with Crippen LogP contribution in [0.5, 0.6) is 0 Å². The molecule has 1 aromatic carbocycles. The topological polar surface area (TPSA) is 29.5 Å². The number of ether oxygens (including phenoxy) is 1. The van der Waals surface area contributed by atoms with Crippen molar-refractivity contribution in [2.45, 2.75) is 25.9 Å². The van der Waals surface area contributed by atoms with E-state index in [1.54, 1.807) is 12.1 Å². The lowest BCUT2D eigenvalue weighted by Gasteiger charge is -2.11. The lowest BCUT2D eigenvalue weighted by Crippen LogP contribution is -2.19. The standard InChI is InChI=1S/C12H16BrFO2/c1-2-5-16-8-11(15)7-9-6-10(13)3-4-12(9)14/h3-4,6,11,15H,2,5,7-8H2,1H3. The zero-order valence-electron chi connectivity index (χ0n) is 9.25. The highest BCUT2D eigenvalue weighted by Gasteiger charge is 2.10. The molecule has 0 saturated carbocycles. The molecular weight excluding hydrogens is 275 g/mol. The monoisotopic (exact) mass is 290 g/mol. The minimum atomic E-state index is -0.657. The van der Waals surface area contributed by atoms with Crippen molar-refractivity contribution in [1.82, 2.24) is 0 Å². The minimum Gasteiger partial charge on any atom is -0.390 e. The molecule has 0 fully saturated rings. The number of hydrogen-bond acceptors (Lipinski definition) is 2. The highest BCUT2D eigenvalue weighted by Crippen LogP contribution is 2.17. The Balaban J connectivity index is 2.48. The lowest BCUT2D eigenvalue weighted by molar-refractivity contribution is 0.0370. The van der Waals surface area contributed by atoms with Crippen LogP contribution >= 0.6 is 15.9 Å². The van der Waals surface area contributed by atoms with E-state index in [9.17, 15) is 9.50 Å². The number of benzene rings is 1. The molecule has 90 valence electrons. The summed E-state index contributed by atoms with van der Waals surface area (Å²) in [7, 11) is 0. The first-order valence-corrected chi connectivity index (χ1v) is 6.12. The van der Waals surface area contributed by atoms with Crippen LogP contribution < -0.4 is 0 Å². The molecule has 4 heteroatoms. The molecule has 0 aliphatic rings. The van der Waals surface area contributed by atoms with E-state index < -0.39 is 6.10 Å². The average Bonchev–Trinajstić information content (AvgIpc) is 2.24. The SMILES string of the molecule is CCCOCC(O)Cc1cc(Br)ccc1F. The van der Waals surface area contributed by atoms with Gasteiger partial charge in [-0.25, -0.2) is 4.39 Å². The Kier molecular flexibility index (Phi) is 5.95. The van der Waals surface area contributed by atoms with Gasteiger partial charge in [-0.2, -0.15) is 0 Å². The van der Waals surface area contributed by atoms with Crippen LogP contribution in [0.3, 0.4) is 0 Å². The second-order valence-electron chi connectivity index (χ2n) is 3.67. The van der Waals surface area contributed by atoms with Gasteiger partial charge in [-0.1, -0.05) is 22.9 Å². The van der Waals surface area contributed by atoms with Crippen molar-refractivity contribution < 1.29 is 14.2 Å². The van der Waals surface area contributed by atoms with Gasteiger partial charge in [0.15, 0.2) is 0 Å².